The van der Waals surface area contributed by atoms with Crippen LogP contribution in [0.4, 0.5) is 5.82 Å². The van der Waals surface area contributed by atoms with Crippen LogP contribution in [0.25, 0.3) is 22.2 Å². The number of carbonyl (C=O) groups is 1. The Morgan fingerprint density at radius 2 is 1.86 bits per heavy atom. The van der Waals surface area contributed by atoms with E-state index in [4.69, 9.17) is 23.2 Å². The van der Waals surface area contributed by atoms with Crippen LogP contribution in [-0.2, 0) is 17.9 Å². The number of pyridine rings is 1. The molecule has 0 radical (unpaired) electrons. The van der Waals surface area contributed by atoms with Crippen LogP contribution in [0.3, 0.4) is 0 Å². The predicted octanol–water partition coefficient (Wildman–Crippen LogP) is 6.36. The molecule has 0 unspecified atom stereocenters. The number of aromatic nitrogens is 5. The van der Waals surface area contributed by atoms with Gasteiger partial charge in [0.1, 0.15) is 6.54 Å². The Balaban J connectivity index is 1.35. The second-order valence-corrected chi connectivity index (χ2v) is 9.65. The number of nitrogens with zero attached hydrogens (tertiary/aromatic N) is 5. The highest BCUT2D eigenvalue weighted by atomic mass is 79.9. The minimum atomic E-state index is -0.262. The van der Waals surface area contributed by atoms with Crippen molar-refractivity contribution in [2.24, 2.45) is 0 Å². The smallest absolute Gasteiger partial charge is 0.247 e. The fourth-order valence-corrected chi connectivity index (χ4v) is 4.68. The molecule has 10 heteroatoms. The maximum absolute atomic E-state index is 12.9. The van der Waals surface area contributed by atoms with Crippen LogP contribution in [0.1, 0.15) is 11.3 Å². The second-order valence-electron chi connectivity index (χ2n) is 7.99. The summed E-state index contributed by atoms with van der Waals surface area (Å²) < 4.78 is 3.99. The lowest BCUT2D eigenvalue weighted by atomic mass is 10.0. The number of rotatable bonds is 6. The van der Waals surface area contributed by atoms with Crippen molar-refractivity contribution in [1.29, 1.82) is 0 Å². The van der Waals surface area contributed by atoms with Gasteiger partial charge in [-0.3, -0.25) is 9.48 Å². The van der Waals surface area contributed by atoms with Crippen molar-refractivity contribution < 1.29 is 4.79 Å². The third kappa shape index (κ3) is 4.96. The van der Waals surface area contributed by atoms with Gasteiger partial charge in [0, 0.05) is 17.8 Å². The van der Waals surface area contributed by atoms with Crippen molar-refractivity contribution in [3.63, 3.8) is 0 Å². The first-order valence-electron chi connectivity index (χ1n) is 10.7. The standard InChI is InChI=1S/C25H19BrCl2N6O/c1-15-23-18(17-5-3-2-4-6-17)9-10-29-25(23)34(31-15)14-22(35)30-24-19(26)13-33(32-24)12-16-7-8-20(27)21(28)11-16/h2-11,13H,12,14H2,1H3,(H,30,32,35). The molecule has 0 spiro atoms. The number of fused-ring (bicyclic) bond motifs is 1. The monoisotopic (exact) mass is 568 g/mol. The number of hydrogen-bond acceptors (Lipinski definition) is 4. The molecule has 3 aromatic heterocycles. The molecule has 176 valence electrons. The van der Waals surface area contributed by atoms with E-state index in [0.29, 0.717) is 32.5 Å². The molecule has 0 aliphatic rings. The van der Waals surface area contributed by atoms with Gasteiger partial charge in [-0.1, -0.05) is 59.6 Å². The SMILES string of the molecule is Cc1nn(CC(=O)Nc2nn(Cc3ccc(Cl)c(Cl)c3)cc2Br)c2nccc(-c3ccccc3)c12. The largest absolute Gasteiger partial charge is 0.307 e. The molecule has 0 aliphatic carbocycles. The molecule has 1 N–H and O–H groups in total. The number of anilines is 1. The van der Waals surface area contributed by atoms with E-state index in [0.717, 1.165) is 27.8 Å². The zero-order chi connectivity index (χ0) is 24.5. The normalized spacial score (nSPS) is 11.2. The lowest BCUT2D eigenvalue weighted by Crippen LogP contribution is -2.20. The third-order valence-electron chi connectivity index (χ3n) is 5.49. The summed E-state index contributed by atoms with van der Waals surface area (Å²) in [5.41, 5.74) is 4.51. The molecule has 3 heterocycles. The Morgan fingerprint density at radius 3 is 2.63 bits per heavy atom. The van der Waals surface area contributed by atoms with Crippen LogP contribution in [0.5, 0.6) is 0 Å². The lowest BCUT2D eigenvalue weighted by Gasteiger charge is -2.06. The van der Waals surface area contributed by atoms with E-state index in [1.165, 1.54) is 0 Å². The molecule has 5 rings (SSSR count). The fraction of sp³-hybridized carbons (Fsp3) is 0.120. The molecular weight excluding hydrogens is 551 g/mol. The molecule has 0 saturated heterocycles. The number of benzene rings is 2. The summed E-state index contributed by atoms with van der Waals surface area (Å²) >= 11 is 15.6. The van der Waals surface area contributed by atoms with Crippen LogP contribution in [-0.4, -0.2) is 30.5 Å². The Kier molecular flexibility index (Phi) is 6.60. The molecule has 2 aromatic carbocycles. The van der Waals surface area contributed by atoms with Crippen LogP contribution >= 0.6 is 39.1 Å². The summed E-state index contributed by atoms with van der Waals surface area (Å²) in [6.07, 6.45) is 3.53. The van der Waals surface area contributed by atoms with Gasteiger partial charge in [0.2, 0.25) is 5.91 Å². The highest BCUT2D eigenvalue weighted by Crippen LogP contribution is 2.30. The van der Waals surface area contributed by atoms with E-state index in [2.05, 4.69) is 36.4 Å². The van der Waals surface area contributed by atoms with Crippen molar-refractivity contribution in [2.45, 2.75) is 20.0 Å². The molecule has 0 aliphatic heterocycles. The first-order chi connectivity index (χ1) is 16.9. The maximum atomic E-state index is 12.9. The number of halogens is 3. The van der Waals surface area contributed by atoms with Gasteiger partial charge in [0.05, 0.1) is 26.8 Å². The van der Waals surface area contributed by atoms with Crippen molar-refractivity contribution in [1.82, 2.24) is 24.5 Å². The van der Waals surface area contributed by atoms with Crippen LogP contribution in [0.2, 0.25) is 10.0 Å². The van der Waals surface area contributed by atoms with Gasteiger partial charge in [0.15, 0.2) is 11.5 Å². The van der Waals surface area contributed by atoms with Gasteiger partial charge in [-0.05, 0) is 57.7 Å². The van der Waals surface area contributed by atoms with Gasteiger partial charge < -0.3 is 5.32 Å². The quantitative estimate of drug-likeness (QED) is 0.258. The van der Waals surface area contributed by atoms with Crippen LogP contribution < -0.4 is 5.32 Å². The molecule has 0 fully saturated rings. The number of carbonyl (C=O) groups excluding carboxylic acids is 1. The Morgan fingerprint density at radius 1 is 1.06 bits per heavy atom. The minimum absolute atomic E-state index is 0.00166. The maximum Gasteiger partial charge on any atom is 0.247 e. The summed E-state index contributed by atoms with van der Waals surface area (Å²) in [7, 11) is 0. The molecule has 0 saturated carbocycles. The van der Waals surface area contributed by atoms with Crippen molar-refractivity contribution in [2.75, 3.05) is 5.32 Å². The lowest BCUT2D eigenvalue weighted by molar-refractivity contribution is -0.116. The average molecular weight is 570 g/mol. The van der Waals surface area contributed by atoms with Crippen LogP contribution in [0.15, 0.2) is 71.5 Å². The summed E-state index contributed by atoms with van der Waals surface area (Å²) in [4.78, 5) is 17.4. The first-order valence-corrected chi connectivity index (χ1v) is 12.3. The Labute approximate surface area is 219 Å². The van der Waals surface area contributed by atoms with Gasteiger partial charge >= 0.3 is 0 Å². The Hall–Kier alpha value is -3.20. The summed E-state index contributed by atoms with van der Waals surface area (Å²) in [5, 5.41) is 13.8. The second kappa shape index (κ2) is 9.81. The molecule has 1 amide bonds. The van der Waals surface area contributed by atoms with E-state index in [1.54, 1.807) is 33.9 Å². The minimum Gasteiger partial charge on any atom is -0.307 e. The van der Waals surface area contributed by atoms with Crippen molar-refractivity contribution >= 4 is 61.9 Å². The van der Waals surface area contributed by atoms with Crippen LogP contribution in [0, 0.1) is 6.92 Å². The number of aryl methyl sites for hydroxylation is 1. The number of nitrogens with one attached hydrogen (secondary N) is 1. The number of hydrogen-bond donors (Lipinski definition) is 1. The van der Waals surface area contributed by atoms with Gasteiger partial charge in [-0.2, -0.15) is 10.2 Å². The Bertz CT molecular complexity index is 1550. The molecular formula is C25H19BrCl2N6O. The van der Waals surface area contributed by atoms with E-state index >= 15 is 0 Å². The van der Waals surface area contributed by atoms with Crippen molar-refractivity contribution in [3.05, 3.63) is 92.8 Å². The molecule has 7 nitrogen and oxygen atoms in total. The summed E-state index contributed by atoms with van der Waals surface area (Å²) in [6, 6.07) is 17.4. The van der Waals surface area contributed by atoms with E-state index in [1.807, 2.05) is 49.4 Å². The highest BCUT2D eigenvalue weighted by molar-refractivity contribution is 9.10. The number of amides is 1. The average Bonchev–Trinajstić information content (AvgIpc) is 3.35. The first kappa shape index (κ1) is 23.5. The molecule has 0 atom stereocenters. The van der Waals surface area contributed by atoms with Gasteiger partial charge in [0.25, 0.3) is 0 Å². The third-order valence-corrected chi connectivity index (χ3v) is 6.81. The van der Waals surface area contributed by atoms with E-state index in [-0.39, 0.29) is 12.5 Å². The molecule has 5 aromatic rings. The van der Waals surface area contributed by atoms with E-state index < -0.39 is 0 Å². The highest BCUT2D eigenvalue weighted by Gasteiger charge is 2.17. The molecule has 35 heavy (non-hydrogen) atoms. The topological polar surface area (TPSA) is 77.6 Å². The molecule has 0 bridgehead atoms. The summed E-state index contributed by atoms with van der Waals surface area (Å²) in [6.45, 7) is 2.40. The predicted molar refractivity (Wildman–Crippen MR) is 142 cm³/mol. The van der Waals surface area contributed by atoms with Gasteiger partial charge in [-0.25, -0.2) is 9.67 Å². The van der Waals surface area contributed by atoms with Crippen molar-refractivity contribution in [3.8, 4) is 11.1 Å². The zero-order valence-corrected chi connectivity index (χ0v) is 21.6. The van der Waals surface area contributed by atoms with E-state index in [9.17, 15) is 4.79 Å². The summed E-state index contributed by atoms with van der Waals surface area (Å²) in [5.74, 6) is 0.156. The zero-order valence-electron chi connectivity index (χ0n) is 18.5. The van der Waals surface area contributed by atoms with Gasteiger partial charge in [-0.15, -0.1) is 0 Å². The fourth-order valence-electron chi connectivity index (χ4n) is 3.95.